The van der Waals surface area contributed by atoms with Crippen LogP contribution in [0.3, 0.4) is 0 Å². The van der Waals surface area contributed by atoms with E-state index >= 15 is 0 Å². The summed E-state index contributed by atoms with van der Waals surface area (Å²) in [4.78, 5) is 46.2. The molecular weight excluding hydrogens is 420 g/mol. The Morgan fingerprint density at radius 1 is 0.879 bits per heavy atom. The van der Waals surface area contributed by atoms with Gasteiger partial charge in [-0.3, -0.25) is 14.4 Å². The van der Waals surface area contributed by atoms with E-state index in [4.69, 9.17) is 9.57 Å². The zero-order chi connectivity index (χ0) is 23.1. The Bertz CT molecular complexity index is 1220. The minimum atomic E-state index is -0.942. The molecule has 0 aromatic heterocycles. The Morgan fingerprint density at radius 3 is 2.21 bits per heavy atom. The number of aryl methyl sites for hydroxylation is 1. The summed E-state index contributed by atoms with van der Waals surface area (Å²) in [5.74, 6) is -1.88. The molecule has 0 saturated carbocycles. The van der Waals surface area contributed by atoms with Gasteiger partial charge in [0.2, 0.25) is 5.91 Å². The summed E-state index contributed by atoms with van der Waals surface area (Å²) in [6.07, 6.45) is -0.942. The molecule has 2 aliphatic heterocycles. The van der Waals surface area contributed by atoms with Crippen LogP contribution in [0.1, 0.15) is 27.5 Å². The standard InChI is InChI=1S/C26H22N2O5/c1-16-8-6-7-11-20(16)28-22(17-12-14-18(15-13-17)26(31)32-2)21-23(33-28)25(30)27(24(21)29)19-9-4-3-5-10-19/h3-15,21-23H,1-2H3/t21-,22+,23-/m1/s1. The van der Waals surface area contributed by atoms with Gasteiger partial charge in [0.1, 0.15) is 5.92 Å². The highest BCUT2D eigenvalue weighted by Gasteiger charge is 2.60. The predicted octanol–water partition coefficient (Wildman–Crippen LogP) is 3.83. The van der Waals surface area contributed by atoms with Crippen molar-refractivity contribution in [2.45, 2.75) is 19.1 Å². The van der Waals surface area contributed by atoms with Gasteiger partial charge in [0.25, 0.3) is 5.91 Å². The van der Waals surface area contributed by atoms with Crippen molar-refractivity contribution in [2.75, 3.05) is 17.1 Å². The van der Waals surface area contributed by atoms with Gasteiger partial charge in [-0.1, -0.05) is 48.5 Å². The lowest BCUT2D eigenvalue weighted by Gasteiger charge is -2.29. The third-order valence-corrected chi connectivity index (χ3v) is 6.16. The largest absolute Gasteiger partial charge is 0.465 e. The fraction of sp³-hybridized carbons (Fsp3) is 0.192. The molecule has 2 fully saturated rings. The number of benzene rings is 3. The van der Waals surface area contributed by atoms with E-state index < -0.39 is 24.0 Å². The highest BCUT2D eigenvalue weighted by Crippen LogP contribution is 2.48. The Kier molecular flexibility index (Phi) is 5.18. The Balaban J connectivity index is 1.59. The second-order valence-electron chi connectivity index (χ2n) is 8.07. The highest BCUT2D eigenvalue weighted by atomic mass is 16.7. The molecule has 7 heteroatoms. The van der Waals surface area contributed by atoms with Gasteiger partial charge in [-0.2, -0.15) is 0 Å². The van der Waals surface area contributed by atoms with Crippen LogP contribution in [-0.4, -0.2) is 31.0 Å². The number of hydroxylamine groups is 1. The number of nitrogens with zero attached hydrogens (tertiary/aromatic N) is 2. The first-order valence-corrected chi connectivity index (χ1v) is 10.6. The van der Waals surface area contributed by atoms with Crippen LogP contribution < -0.4 is 9.96 Å². The van der Waals surface area contributed by atoms with Crippen molar-refractivity contribution < 1.29 is 24.0 Å². The number of fused-ring (bicyclic) bond motifs is 1. The van der Waals surface area contributed by atoms with Crippen LogP contribution >= 0.6 is 0 Å². The van der Waals surface area contributed by atoms with Crippen LogP contribution in [0.5, 0.6) is 0 Å². The summed E-state index contributed by atoms with van der Waals surface area (Å²) in [5.41, 5.74) is 3.41. The number of hydrogen-bond acceptors (Lipinski definition) is 6. The maximum absolute atomic E-state index is 13.6. The number of ether oxygens (including phenoxy) is 1. The molecule has 2 amide bonds. The molecule has 5 rings (SSSR count). The van der Waals surface area contributed by atoms with Crippen LogP contribution in [0.25, 0.3) is 0 Å². The fourth-order valence-corrected chi connectivity index (χ4v) is 4.54. The van der Waals surface area contributed by atoms with Crippen molar-refractivity contribution in [3.05, 3.63) is 95.6 Å². The topological polar surface area (TPSA) is 76.2 Å². The van der Waals surface area contributed by atoms with Gasteiger partial charge in [-0.25, -0.2) is 14.8 Å². The summed E-state index contributed by atoms with van der Waals surface area (Å²) in [5, 5.41) is 1.66. The van der Waals surface area contributed by atoms with Crippen molar-refractivity contribution in [1.29, 1.82) is 0 Å². The third-order valence-electron chi connectivity index (χ3n) is 6.16. The van der Waals surface area contributed by atoms with E-state index in [1.807, 2.05) is 37.3 Å². The lowest BCUT2D eigenvalue weighted by atomic mass is 9.90. The van der Waals surface area contributed by atoms with Crippen molar-refractivity contribution >= 4 is 29.2 Å². The van der Waals surface area contributed by atoms with Gasteiger partial charge in [-0.05, 0) is 48.4 Å². The highest BCUT2D eigenvalue weighted by molar-refractivity contribution is 6.23. The molecule has 0 spiro atoms. The number of hydrogen-bond donors (Lipinski definition) is 0. The second kappa shape index (κ2) is 8.18. The molecule has 0 N–H and O–H groups in total. The number of para-hydroxylation sites is 2. The Hall–Kier alpha value is -3.97. The predicted molar refractivity (Wildman–Crippen MR) is 121 cm³/mol. The molecule has 3 aromatic rings. The number of anilines is 2. The number of amides is 2. The normalized spacial score (nSPS) is 21.9. The van der Waals surface area contributed by atoms with E-state index in [-0.39, 0.29) is 11.8 Å². The van der Waals surface area contributed by atoms with E-state index in [0.29, 0.717) is 11.3 Å². The number of carbonyl (C=O) groups is 3. The monoisotopic (exact) mass is 442 g/mol. The van der Waals surface area contributed by atoms with Crippen molar-refractivity contribution in [1.82, 2.24) is 0 Å². The zero-order valence-electron chi connectivity index (χ0n) is 18.2. The van der Waals surface area contributed by atoms with Gasteiger partial charge < -0.3 is 4.74 Å². The molecule has 0 unspecified atom stereocenters. The zero-order valence-corrected chi connectivity index (χ0v) is 18.2. The number of carbonyl (C=O) groups excluding carboxylic acids is 3. The third kappa shape index (κ3) is 3.37. The molecule has 166 valence electrons. The molecule has 3 aromatic carbocycles. The molecule has 33 heavy (non-hydrogen) atoms. The maximum Gasteiger partial charge on any atom is 0.337 e. The summed E-state index contributed by atoms with van der Waals surface area (Å²) in [6.45, 7) is 1.95. The molecule has 0 radical (unpaired) electrons. The lowest BCUT2D eigenvalue weighted by Crippen LogP contribution is -2.37. The van der Waals surface area contributed by atoms with Crippen molar-refractivity contribution in [3.63, 3.8) is 0 Å². The van der Waals surface area contributed by atoms with E-state index in [1.165, 1.54) is 12.0 Å². The maximum atomic E-state index is 13.6. The number of imide groups is 1. The molecule has 7 nitrogen and oxygen atoms in total. The average molecular weight is 442 g/mol. The van der Waals surface area contributed by atoms with Gasteiger partial charge in [0, 0.05) is 0 Å². The number of rotatable bonds is 4. The van der Waals surface area contributed by atoms with Gasteiger partial charge in [0.05, 0.1) is 30.1 Å². The Labute approximate surface area is 191 Å². The minimum absolute atomic E-state index is 0.311. The Morgan fingerprint density at radius 2 is 1.55 bits per heavy atom. The van der Waals surface area contributed by atoms with Gasteiger partial charge >= 0.3 is 5.97 Å². The number of methoxy groups -OCH3 is 1. The summed E-state index contributed by atoms with van der Waals surface area (Å²) in [6, 6.07) is 22.8. The summed E-state index contributed by atoms with van der Waals surface area (Å²) in [7, 11) is 1.33. The molecular formula is C26H22N2O5. The molecule has 2 heterocycles. The minimum Gasteiger partial charge on any atom is -0.465 e. The van der Waals surface area contributed by atoms with E-state index in [9.17, 15) is 14.4 Å². The lowest BCUT2D eigenvalue weighted by molar-refractivity contribution is -0.126. The van der Waals surface area contributed by atoms with Crippen LogP contribution in [0, 0.1) is 12.8 Å². The van der Waals surface area contributed by atoms with Crippen LogP contribution in [-0.2, 0) is 19.2 Å². The SMILES string of the molecule is COC(=O)c1ccc([C@H]2[C@H]3C(=O)N(c4ccccc4)C(=O)[C@@H]3ON2c2ccccc2C)cc1. The van der Waals surface area contributed by atoms with Gasteiger partial charge in [-0.15, -0.1) is 0 Å². The first kappa shape index (κ1) is 20.9. The second-order valence-corrected chi connectivity index (χ2v) is 8.07. The van der Waals surface area contributed by atoms with Crippen LogP contribution in [0.4, 0.5) is 11.4 Å². The van der Waals surface area contributed by atoms with Crippen LogP contribution in [0.2, 0.25) is 0 Å². The average Bonchev–Trinajstić information content (AvgIpc) is 3.35. The smallest absolute Gasteiger partial charge is 0.337 e. The fourth-order valence-electron chi connectivity index (χ4n) is 4.54. The molecule has 2 aliphatic rings. The number of esters is 1. The van der Waals surface area contributed by atoms with E-state index in [0.717, 1.165) is 16.8 Å². The van der Waals surface area contributed by atoms with Crippen molar-refractivity contribution in [2.24, 2.45) is 5.92 Å². The van der Waals surface area contributed by atoms with E-state index in [2.05, 4.69) is 0 Å². The first-order valence-electron chi connectivity index (χ1n) is 10.6. The van der Waals surface area contributed by atoms with Crippen molar-refractivity contribution in [3.8, 4) is 0 Å². The van der Waals surface area contributed by atoms with Crippen LogP contribution in [0.15, 0.2) is 78.9 Å². The summed E-state index contributed by atoms with van der Waals surface area (Å²) >= 11 is 0. The molecule has 3 atom stereocenters. The van der Waals surface area contributed by atoms with E-state index in [1.54, 1.807) is 53.6 Å². The summed E-state index contributed by atoms with van der Waals surface area (Å²) < 4.78 is 4.79. The molecule has 0 aliphatic carbocycles. The van der Waals surface area contributed by atoms with Gasteiger partial charge in [0.15, 0.2) is 6.10 Å². The first-order chi connectivity index (χ1) is 16.0. The quantitative estimate of drug-likeness (QED) is 0.452. The molecule has 2 saturated heterocycles. The molecule has 0 bridgehead atoms.